The van der Waals surface area contributed by atoms with Crippen LogP contribution in [-0.2, 0) is 19.1 Å². The van der Waals surface area contributed by atoms with E-state index in [2.05, 4.69) is 11.7 Å². The van der Waals surface area contributed by atoms with E-state index in [1.807, 2.05) is 0 Å². The van der Waals surface area contributed by atoms with Crippen molar-refractivity contribution in [3.05, 3.63) is 0 Å². The molecule has 0 unspecified atom stereocenters. The van der Waals surface area contributed by atoms with Crippen molar-refractivity contribution < 1.29 is 75.6 Å². The zero-order chi connectivity index (χ0) is 20.3. The topological polar surface area (TPSA) is 110 Å². The molecule has 0 heterocycles. The molecule has 0 amide bonds. The monoisotopic (exact) mass is 423 g/mol. The molecule has 0 saturated carbocycles. The minimum absolute atomic E-state index is 0. The van der Waals surface area contributed by atoms with Crippen LogP contribution in [0.25, 0.3) is 0 Å². The van der Waals surface area contributed by atoms with Gasteiger partial charge in [-0.3, -0.25) is 4.79 Å². The summed E-state index contributed by atoms with van der Waals surface area (Å²) in [4.78, 5) is 33.4. The molecule has 0 fully saturated rings. The molecule has 0 aromatic carbocycles. The fourth-order valence-corrected chi connectivity index (χ4v) is 2.92. The molecule has 0 bridgehead atoms. The molecule has 2 N–H and O–H groups in total. The van der Waals surface area contributed by atoms with Crippen LogP contribution in [0.15, 0.2) is 0 Å². The number of carboxylic acids is 1. The Balaban J connectivity index is 0. The van der Waals surface area contributed by atoms with Crippen molar-refractivity contribution in [2.45, 2.75) is 116 Å². The summed E-state index contributed by atoms with van der Waals surface area (Å²) >= 11 is 0. The normalized spacial score (nSPS) is 11.5. The molecule has 0 aliphatic heterocycles. The van der Waals surface area contributed by atoms with Crippen molar-refractivity contribution >= 4 is 17.9 Å². The van der Waals surface area contributed by atoms with Crippen LogP contribution in [0.1, 0.15) is 110 Å². The zero-order valence-electron chi connectivity index (χ0n) is 18.0. The van der Waals surface area contributed by atoms with Crippen molar-refractivity contribution in [2.24, 2.45) is 5.73 Å². The largest absolute Gasteiger partial charge is 1.00 e. The Labute approximate surface area is 213 Å². The summed E-state index contributed by atoms with van der Waals surface area (Å²) in [6, 6.07) is -1.10. The van der Waals surface area contributed by atoms with Crippen molar-refractivity contribution in [2.75, 3.05) is 0 Å². The number of hydrogen-bond donors (Lipinski definition) is 1. The van der Waals surface area contributed by atoms with Gasteiger partial charge in [-0.1, -0.05) is 84.0 Å². The number of carboxylic acid groups (broad SMARTS) is 1. The third kappa shape index (κ3) is 20.9. The summed E-state index contributed by atoms with van der Waals surface area (Å²) in [7, 11) is 0. The maximum Gasteiger partial charge on any atom is 1.00 e. The van der Waals surface area contributed by atoms with E-state index in [4.69, 9.17) is 5.73 Å². The van der Waals surface area contributed by atoms with Gasteiger partial charge in [0.25, 0.3) is 0 Å². The first-order valence-electron chi connectivity index (χ1n) is 10.7. The number of nitrogens with two attached hydrogens (primary N) is 1. The van der Waals surface area contributed by atoms with Gasteiger partial charge in [-0.15, -0.1) is 0 Å². The fourth-order valence-electron chi connectivity index (χ4n) is 2.92. The molecule has 0 spiro atoms. The van der Waals surface area contributed by atoms with Crippen molar-refractivity contribution in [1.82, 2.24) is 0 Å². The van der Waals surface area contributed by atoms with Gasteiger partial charge in [-0.25, -0.2) is 4.79 Å². The van der Waals surface area contributed by atoms with E-state index in [1.165, 1.54) is 64.2 Å². The summed E-state index contributed by atoms with van der Waals surface area (Å²) in [6.07, 6.45) is 15.6. The van der Waals surface area contributed by atoms with E-state index in [1.54, 1.807) is 0 Å². The minimum Gasteiger partial charge on any atom is -0.550 e. The van der Waals surface area contributed by atoms with Gasteiger partial charge in [-0.05, 0) is 19.3 Å². The van der Waals surface area contributed by atoms with Crippen LogP contribution < -0.4 is 62.2 Å². The average molecular weight is 424 g/mol. The molecule has 158 valence electrons. The zero-order valence-corrected chi connectivity index (χ0v) is 21.1. The first-order chi connectivity index (χ1) is 13.0. The summed E-state index contributed by atoms with van der Waals surface area (Å²) in [5, 5.41) is 10.3. The van der Waals surface area contributed by atoms with Crippen LogP contribution in [0, 0.1) is 0 Å². The number of carbonyl (C=O) groups excluding carboxylic acids is 3. The second-order valence-corrected chi connectivity index (χ2v) is 7.30. The van der Waals surface area contributed by atoms with Gasteiger partial charge in [0.05, 0.1) is 0 Å². The molecule has 0 rings (SSSR count). The maximum atomic E-state index is 11.6. The molecule has 0 radical (unpaired) electrons. The number of rotatable bonds is 18. The number of carbonyl (C=O) groups is 3. The Morgan fingerprint density at radius 2 is 1.21 bits per heavy atom. The van der Waals surface area contributed by atoms with Gasteiger partial charge in [0, 0.05) is 12.4 Å². The predicted molar refractivity (Wildman–Crippen MR) is 104 cm³/mol. The second-order valence-electron chi connectivity index (χ2n) is 7.30. The quantitative estimate of drug-likeness (QED) is 0.148. The number of esters is 2. The number of ether oxygens (including phenoxy) is 1. The van der Waals surface area contributed by atoms with Gasteiger partial charge >= 0.3 is 63.3 Å². The molecule has 0 aliphatic carbocycles. The first kappa shape index (κ1) is 30.4. The van der Waals surface area contributed by atoms with Crippen LogP contribution in [-0.4, -0.2) is 23.9 Å². The van der Waals surface area contributed by atoms with Gasteiger partial charge < -0.3 is 20.4 Å². The average Bonchev–Trinajstić information content (AvgIpc) is 2.63. The number of unbranched alkanes of at least 4 members (excludes halogenated alkanes) is 12. The van der Waals surface area contributed by atoms with E-state index in [0.717, 1.165) is 12.8 Å². The molecular formula is C21H38KNO5. The van der Waals surface area contributed by atoms with Crippen molar-refractivity contribution in [3.63, 3.8) is 0 Å². The Kier molecular flexibility index (Phi) is 23.8. The minimum atomic E-state index is -1.28. The van der Waals surface area contributed by atoms with Crippen molar-refractivity contribution in [1.29, 1.82) is 0 Å². The number of aliphatic carboxylic acids is 1. The van der Waals surface area contributed by atoms with E-state index in [9.17, 15) is 19.5 Å². The summed E-state index contributed by atoms with van der Waals surface area (Å²) in [5.74, 6) is -2.74. The molecule has 0 saturated heterocycles. The van der Waals surface area contributed by atoms with Gasteiger partial charge in [0.2, 0.25) is 0 Å². The molecule has 1 atom stereocenters. The van der Waals surface area contributed by atoms with Gasteiger partial charge in [0.15, 0.2) is 0 Å². The van der Waals surface area contributed by atoms with Crippen LogP contribution >= 0.6 is 0 Å². The Morgan fingerprint density at radius 3 is 1.64 bits per heavy atom. The van der Waals surface area contributed by atoms with Crippen LogP contribution in [0.3, 0.4) is 0 Å². The molecule has 7 heteroatoms. The SMILES string of the molecule is CCCCCCCCCCCCCCCC(=O)OC(=O)[C@H](N)CCC(=O)[O-].[K+]. The third-order valence-corrected chi connectivity index (χ3v) is 4.66. The maximum absolute atomic E-state index is 11.6. The summed E-state index contributed by atoms with van der Waals surface area (Å²) < 4.78 is 4.64. The Bertz CT molecular complexity index is 418. The molecule has 0 aromatic rings. The van der Waals surface area contributed by atoms with E-state index in [-0.39, 0.29) is 70.6 Å². The fraction of sp³-hybridized carbons (Fsp3) is 0.857. The van der Waals surface area contributed by atoms with E-state index < -0.39 is 23.9 Å². The summed E-state index contributed by atoms with van der Waals surface area (Å²) in [5.41, 5.74) is 5.47. The Hall–Kier alpha value is 0.206. The molecule has 6 nitrogen and oxygen atoms in total. The number of hydrogen-bond acceptors (Lipinski definition) is 6. The smallest absolute Gasteiger partial charge is 0.550 e. The molecule has 0 aromatic heterocycles. The molecular weight excluding hydrogens is 385 g/mol. The Morgan fingerprint density at radius 1 is 0.786 bits per heavy atom. The van der Waals surface area contributed by atoms with Crippen LogP contribution in [0.2, 0.25) is 0 Å². The molecule has 28 heavy (non-hydrogen) atoms. The van der Waals surface area contributed by atoms with Gasteiger partial charge in [0.1, 0.15) is 6.04 Å². The van der Waals surface area contributed by atoms with Crippen LogP contribution in [0.4, 0.5) is 0 Å². The van der Waals surface area contributed by atoms with Gasteiger partial charge in [-0.2, -0.15) is 0 Å². The third-order valence-electron chi connectivity index (χ3n) is 4.66. The predicted octanol–water partition coefficient (Wildman–Crippen LogP) is 0.399. The van der Waals surface area contributed by atoms with Crippen molar-refractivity contribution in [3.8, 4) is 0 Å². The van der Waals surface area contributed by atoms with E-state index >= 15 is 0 Å². The molecule has 0 aliphatic rings. The first-order valence-corrected chi connectivity index (χ1v) is 10.7. The summed E-state index contributed by atoms with van der Waals surface area (Å²) in [6.45, 7) is 2.24. The standard InChI is InChI=1S/C21H39NO5.K/c1-2-3-4-5-6-7-8-9-10-11-12-13-14-15-20(25)27-21(26)18(22)16-17-19(23)24;/h18H,2-17,22H2,1H3,(H,23,24);/q;+1/p-1/t18-;/m1./s1. The second kappa shape index (κ2) is 21.9. The van der Waals surface area contributed by atoms with E-state index in [0.29, 0.717) is 6.42 Å². The van der Waals surface area contributed by atoms with Crippen LogP contribution in [0.5, 0.6) is 0 Å².